The fourth-order valence-corrected chi connectivity index (χ4v) is 1.61. The van der Waals surface area contributed by atoms with E-state index in [0.29, 0.717) is 13.1 Å². The summed E-state index contributed by atoms with van der Waals surface area (Å²) in [6, 6.07) is 0. The van der Waals surface area contributed by atoms with Crippen LogP contribution < -0.4 is 10.0 Å². The molecule has 0 aliphatic rings. The fraction of sp³-hybridized carbons (Fsp3) is 1.00. The predicted molar refractivity (Wildman–Crippen MR) is 61.2 cm³/mol. The Balaban J connectivity index is 3.81. The van der Waals surface area contributed by atoms with Crippen molar-refractivity contribution in [2.75, 3.05) is 32.5 Å². The van der Waals surface area contributed by atoms with Gasteiger partial charge < -0.3 is 10.4 Å². The van der Waals surface area contributed by atoms with Crippen molar-refractivity contribution < 1.29 is 13.5 Å². The molecule has 0 saturated carbocycles. The van der Waals surface area contributed by atoms with Gasteiger partial charge in [-0.05, 0) is 13.5 Å². The van der Waals surface area contributed by atoms with Crippen molar-refractivity contribution in [3.8, 4) is 0 Å². The van der Waals surface area contributed by atoms with E-state index in [9.17, 15) is 8.42 Å². The molecule has 3 N–H and O–H groups in total. The van der Waals surface area contributed by atoms with E-state index < -0.39 is 10.0 Å². The molecular formula is C9H22N2O3S. The smallest absolute Gasteiger partial charge is 0.212 e. The molecule has 0 heterocycles. The van der Waals surface area contributed by atoms with E-state index in [0.717, 1.165) is 6.42 Å². The van der Waals surface area contributed by atoms with Gasteiger partial charge in [0.15, 0.2) is 0 Å². The first-order chi connectivity index (χ1) is 6.89. The third-order valence-corrected chi connectivity index (χ3v) is 4.01. The molecule has 0 aromatic heterocycles. The Morgan fingerprint density at radius 1 is 1.40 bits per heavy atom. The van der Waals surface area contributed by atoms with Gasteiger partial charge >= 0.3 is 0 Å². The third-order valence-electron chi connectivity index (χ3n) is 2.65. The number of hydrogen-bond acceptors (Lipinski definition) is 4. The van der Waals surface area contributed by atoms with Crippen molar-refractivity contribution >= 4 is 10.0 Å². The van der Waals surface area contributed by atoms with Crippen molar-refractivity contribution in [1.82, 2.24) is 10.0 Å². The van der Waals surface area contributed by atoms with Crippen molar-refractivity contribution in [3.63, 3.8) is 0 Å². The Morgan fingerprint density at radius 3 is 2.40 bits per heavy atom. The number of aliphatic hydroxyl groups is 1. The minimum Gasteiger partial charge on any atom is -0.396 e. The molecule has 0 fully saturated rings. The van der Waals surface area contributed by atoms with Crippen LogP contribution in [-0.2, 0) is 10.0 Å². The highest BCUT2D eigenvalue weighted by atomic mass is 32.2. The fourth-order valence-electron chi connectivity index (χ4n) is 0.991. The molecule has 92 valence electrons. The molecule has 6 heteroatoms. The number of hydrogen-bond donors (Lipinski definition) is 3. The SMILES string of the molecule is CCC(C)(CO)CNCCS(=O)(=O)NC. The van der Waals surface area contributed by atoms with Gasteiger partial charge in [-0.15, -0.1) is 0 Å². The lowest BCUT2D eigenvalue weighted by molar-refractivity contribution is 0.136. The second-order valence-electron chi connectivity index (χ2n) is 4.02. The molecule has 0 radical (unpaired) electrons. The van der Waals surface area contributed by atoms with Crippen LogP contribution in [0.3, 0.4) is 0 Å². The van der Waals surface area contributed by atoms with Crippen LogP contribution >= 0.6 is 0 Å². The molecule has 0 spiro atoms. The highest BCUT2D eigenvalue weighted by Gasteiger charge is 2.20. The first-order valence-corrected chi connectivity index (χ1v) is 6.77. The van der Waals surface area contributed by atoms with E-state index in [1.54, 1.807) is 0 Å². The van der Waals surface area contributed by atoms with Crippen LogP contribution in [0.1, 0.15) is 20.3 Å². The second kappa shape index (κ2) is 6.42. The van der Waals surface area contributed by atoms with E-state index in [2.05, 4.69) is 10.0 Å². The van der Waals surface area contributed by atoms with Crippen LogP contribution in [0.2, 0.25) is 0 Å². The van der Waals surface area contributed by atoms with Gasteiger partial charge in [0.25, 0.3) is 0 Å². The summed E-state index contributed by atoms with van der Waals surface area (Å²) < 4.78 is 24.4. The highest BCUT2D eigenvalue weighted by molar-refractivity contribution is 7.89. The van der Waals surface area contributed by atoms with Gasteiger partial charge in [-0.2, -0.15) is 0 Å². The van der Waals surface area contributed by atoms with Gasteiger partial charge in [-0.1, -0.05) is 13.8 Å². The first kappa shape index (κ1) is 14.8. The Labute approximate surface area is 92.3 Å². The van der Waals surface area contributed by atoms with Gasteiger partial charge in [0.05, 0.1) is 5.75 Å². The van der Waals surface area contributed by atoms with Crippen molar-refractivity contribution in [2.45, 2.75) is 20.3 Å². The van der Waals surface area contributed by atoms with Crippen LogP contribution in [0.25, 0.3) is 0 Å². The largest absolute Gasteiger partial charge is 0.396 e. The molecule has 15 heavy (non-hydrogen) atoms. The Morgan fingerprint density at radius 2 is 2.00 bits per heavy atom. The highest BCUT2D eigenvalue weighted by Crippen LogP contribution is 2.17. The third kappa shape index (κ3) is 6.09. The number of sulfonamides is 1. The summed E-state index contributed by atoms with van der Waals surface area (Å²) in [5, 5.41) is 12.2. The van der Waals surface area contributed by atoms with Crippen molar-refractivity contribution in [3.05, 3.63) is 0 Å². The lowest BCUT2D eigenvalue weighted by Crippen LogP contribution is -2.37. The minimum atomic E-state index is -3.13. The molecule has 0 bridgehead atoms. The number of nitrogens with one attached hydrogen (secondary N) is 2. The van der Waals surface area contributed by atoms with Crippen LogP contribution in [0.4, 0.5) is 0 Å². The van der Waals surface area contributed by atoms with Gasteiger partial charge in [-0.3, -0.25) is 0 Å². The van der Waals surface area contributed by atoms with E-state index >= 15 is 0 Å². The summed E-state index contributed by atoms with van der Waals surface area (Å²) in [4.78, 5) is 0. The van der Waals surface area contributed by atoms with E-state index in [1.165, 1.54) is 7.05 Å². The maximum absolute atomic E-state index is 11.1. The summed E-state index contributed by atoms with van der Waals surface area (Å²) in [6.45, 7) is 5.10. The Hall–Kier alpha value is -0.170. The molecular weight excluding hydrogens is 216 g/mol. The zero-order valence-corrected chi connectivity index (χ0v) is 10.5. The minimum absolute atomic E-state index is 0.0642. The molecule has 0 aliphatic heterocycles. The number of aliphatic hydroxyl groups excluding tert-OH is 1. The average molecular weight is 238 g/mol. The van der Waals surface area contributed by atoms with Gasteiger partial charge in [0, 0.05) is 25.1 Å². The lowest BCUT2D eigenvalue weighted by Gasteiger charge is -2.25. The van der Waals surface area contributed by atoms with E-state index in [-0.39, 0.29) is 17.8 Å². The maximum atomic E-state index is 11.1. The van der Waals surface area contributed by atoms with Crippen molar-refractivity contribution in [2.24, 2.45) is 5.41 Å². The summed E-state index contributed by atoms with van der Waals surface area (Å²) >= 11 is 0. The Kier molecular flexibility index (Phi) is 6.35. The number of rotatable bonds is 8. The zero-order valence-electron chi connectivity index (χ0n) is 9.71. The molecule has 1 unspecified atom stereocenters. The van der Waals surface area contributed by atoms with Gasteiger partial charge in [-0.25, -0.2) is 13.1 Å². The molecule has 0 aromatic carbocycles. The van der Waals surface area contributed by atoms with Crippen molar-refractivity contribution in [1.29, 1.82) is 0 Å². The quantitative estimate of drug-likeness (QED) is 0.500. The Bertz CT molecular complexity index is 261. The van der Waals surface area contributed by atoms with E-state index in [4.69, 9.17) is 5.11 Å². The van der Waals surface area contributed by atoms with E-state index in [1.807, 2.05) is 13.8 Å². The molecule has 0 amide bonds. The maximum Gasteiger partial charge on any atom is 0.212 e. The molecule has 0 rings (SSSR count). The monoisotopic (exact) mass is 238 g/mol. The first-order valence-electron chi connectivity index (χ1n) is 5.12. The lowest BCUT2D eigenvalue weighted by atomic mass is 9.89. The van der Waals surface area contributed by atoms with Gasteiger partial charge in [0.1, 0.15) is 0 Å². The molecule has 5 nitrogen and oxygen atoms in total. The molecule has 0 aliphatic carbocycles. The van der Waals surface area contributed by atoms with Crippen LogP contribution in [0, 0.1) is 5.41 Å². The average Bonchev–Trinajstić information content (AvgIpc) is 2.24. The normalized spacial score (nSPS) is 16.3. The molecule has 1 atom stereocenters. The standard InChI is InChI=1S/C9H22N2O3S/c1-4-9(2,8-12)7-11-5-6-15(13,14)10-3/h10-12H,4-8H2,1-3H3. The summed E-state index contributed by atoms with van der Waals surface area (Å²) in [5.41, 5.74) is -0.163. The summed E-state index contributed by atoms with van der Waals surface area (Å²) in [7, 11) is -1.72. The zero-order chi connectivity index (χ0) is 11.9. The van der Waals surface area contributed by atoms with Gasteiger partial charge in [0.2, 0.25) is 10.0 Å². The predicted octanol–water partition coefficient (Wildman–Crippen LogP) is -0.466. The van der Waals surface area contributed by atoms with Crippen LogP contribution in [-0.4, -0.2) is 46.0 Å². The van der Waals surface area contributed by atoms with Crippen LogP contribution in [0.15, 0.2) is 0 Å². The molecule has 0 saturated heterocycles. The second-order valence-corrected chi connectivity index (χ2v) is 6.07. The summed E-state index contributed by atoms with van der Waals surface area (Å²) in [6.07, 6.45) is 0.856. The molecule has 0 aromatic rings. The summed E-state index contributed by atoms with van der Waals surface area (Å²) in [5.74, 6) is 0.0642. The van der Waals surface area contributed by atoms with Crippen LogP contribution in [0.5, 0.6) is 0 Å². The topological polar surface area (TPSA) is 78.4 Å².